The maximum absolute atomic E-state index is 11.7. The maximum Gasteiger partial charge on any atom is 0.342 e. The fraction of sp³-hybridized carbons (Fsp3) is 0.0667. The molecule has 0 radical (unpaired) electrons. The Morgan fingerprint density at radius 1 is 1.25 bits per heavy atom. The van der Waals surface area contributed by atoms with E-state index in [0.717, 1.165) is 6.07 Å². The molecule has 0 unspecified atom stereocenters. The van der Waals surface area contributed by atoms with Gasteiger partial charge < -0.3 is 15.2 Å². The van der Waals surface area contributed by atoms with E-state index in [4.69, 9.17) is 16.3 Å². The topological polar surface area (TPSA) is 119 Å². The van der Waals surface area contributed by atoms with Gasteiger partial charge in [0.1, 0.15) is 16.3 Å². The lowest BCUT2D eigenvalue weighted by atomic mass is 10.2. The zero-order valence-electron chi connectivity index (χ0n) is 12.1. The van der Waals surface area contributed by atoms with Crippen LogP contribution in [0.25, 0.3) is 0 Å². The minimum Gasteiger partial charge on any atom is -0.507 e. The summed E-state index contributed by atoms with van der Waals surface area (Å²) in [5.74, 6) is -1.84. The van der Waals surface area contributed by atoms with Crippen LogP contribution in [0.3, 0.4) is 0 Å². The maximum atomic E-state index is 11.7. The molecule has 0 aliphatic heterocycles. The number of esters is 1. The number of phenols is 1. The number of nitrogens with zero attached hydrogens (tertiary/aromatic N) is 1. The van der Waals surface area contributed by atoms with Gasteiger partial charge in [0.05, 0.1) is 4.92 Å². The highest BCUT2D eigenvalue weighted by Crippen LogP contribution is 2.27. The Kier molecular flexibility index (Phi) is 5.33. The molecule has 0 bridgehead atoms. The van der Waals surface area contributed by atoms with Crippen molar-refractivity contribution in [1.29, 1.82) is 0 Å². The first kappa shape index (κ1) is 17.2. The van der Waals surface area contributed by atoms with Crippen LogP contribution in [0.2, 0.25) is 5.02 Å². The number of nitro groups is 1. The van der Waals surface area contributed by atoms with Gasteiger partial charge in [-0.15, -0.1) is 0 Å². The second-order valence-corrected chi connectivity index (χ2v) is 4.97. The van der Waals surface area contributed by atoms with Gasteiger partial charge in [-0.2, -0.15) is 0 Å². The summed E-state index contributed by atoms with van der Waals surface area (Å²) in [6.07, 6.45) is 0. The molecule has 2 N–H and O–H groups in total. The molecule has 0 aliphatic carbocycles. The number of carbonyl (C=O) groups excluding carboxylic acids is 2. The molecular weight excluding hydrogens is 340 g/mol. The number of aromatic hydroxyl groups is 1. The lowest BCUT2D eigenvalue weighted by Crippen LogP contribution is -2.21. The number of nitro benzene ring substituents is 1. The minimum atomic E-state index is -0.870. The number of hydrogen-bond donors (Lipinski definition) is 2. The summed E-state index contributed by atoms with van der Waals surface area (Å²) < 4.78 is 4.77. The van der Waals surface area contributed by atoms with Crippen molar-refractivity contribution in [2.45, 2.75) is 0 Å². The predicted molar refractivity (Wildman–Crippen MR) is 85.1 cm³/mol. The molecule has 24 heavy (non-hydrogen) atoms. The molecule has 0 aromatic heterocycles. The Morgan fingerprint density at radius 2 is 1.96 bits per heavy atom. The zero-order valence-corrected chi connectivity index (χ0v) is 12.8. The number of nitrogens with one attached hydrogen (secondary N) is 1. The number of phenolic OH excluding ortho intramolecular Hbond substituents is 1. The Morgan fingerprint density at radius 3 is 2.62 bits per heavy atom. The van der Waals surface area contributed by atoms with Crippen molar-refractivity contribution in [2.24, 2.45) is 0 Å². The van der Waals surface area contributed by atoms with Gasteiger partial charge in [0.15, 0.2) is 6.61 Å². The van der Waals surface area contributed by atoms with E-state index < -0.39 is 23.4 Å². The predicted octanol–water partition coefficient (Wildman–Crippen LogP) is 2.75. The summed E-state index contributed by atoms with van der Waals surface area (Å²) in [6.45, 7) is -0.621. The van der Waals surface area contributed by atoms with Crippen molar-refractivity contribution in [1.82, 2.24) is 0 Å². The van der Waals surface area contributed by atoms with Crippen molar-refractivity contribution in [2.75, 3.05) is 11.9 Å². The molecule has 0 fully saturated rings. The molecule has 9 heteroatoms. The van der Waals surface area contributed by atoms with E-state index in [1.807, 2.05) is 0 Å². The van der Waals surface area contributed by atoms with Crippen LogP contribution < -0.4 is 5.32 Å². The van der Waals surface area contributed by atoms with Gasteiger partial charge >= 0.3 is 5.97 Å². The van der Waals surface area contributed by atoms with Gasteiger partial charge in [0.25, 0.3) is 11.6 Å². The Balaban J connectivity index is 1.97. The number of para-hydroxylation sites is 1. The Hall–Kier alpha value is -3.13. The summed E-state index contributed by atoms with van der Waals surface area (Å²) in [5.41, 5.74) is -0.303. The van der Waals surface area contributed by atoms with E-state index in [1.165, 1.54) is 36.4 Å². The van der Waals surface area contributed by atoms with Crippen LogP contribution in [0.1, 0.15) is 10.4 Å². The van der Waals surface area contributed by atoms with E-state index in [0.29, 0.717) is 0 Å². The molecule has 0 aliphatic rings. The summed E-state index contributed by atoms with van der Waals surface area (Å²) in [7, 11) is 0. The van der Waals surface area contributed by atoms with E-state index >= 15 is 0 Å². The van der Waals surface area contributed by atoms with E-state index in [2.05, 4.69) is 5.32 Å². The van der Waals surface area contributed by atoms with Crippen LogP contribution in [0.4, 0.5) is 11.4 Å². The van der Waals surface area contributed by atoms with Crippen LogP contribution in [0.5, 0.6) is 5.75 Å². The highest BCUT2D eigenvalue weighted by molar-refractivity contribution is 6.32. The molecule has 0 atom stereocenters. The van der Waals surface area contributed by atoms with Gasteiger partial charge in [0, 0.05) is 11.8 Å². The van der Waals surface area contributed by atoms with Crippen molar-refractivity contribution in [3.63, 3.8) is 0 Å². The number of amides is 1. The van der Waals surface area contributed by atoms with Crippen LogP contribution in [-0.4, -0.2) is 28.5 Å². The second kappa shape index (κ2) is 7.42. The number of ether oxygens (including phenoxy) is 1. The van der Waals surface area contributed by atoms with Gasteiger partial charge in [-0.1, -0.05) is 23.7 Å². The lowest BCUT2D eigenvalue weighted by molar-refractivity contribution is -0.384. The number of benzene rings is 2. The molecule has 2 rings (SSSR count). The Bertz CT molecular complexity index is 808. The van der Waals surface area contributed by atoms with Crippen LogP contribution >= 0.6 is 11.6 Å². The summed E-state index contributed by atoms with van der Waals surface area (Å²) >= 11 is 5.67. The smallest absolute Gasteiger partial charge is 0.342 e. The average molecular weight is 351 g/mol. The van der Waals surface area contributed by atoms with Crippen LogP contribution in [0.15, 0.2) is 42.5 Å². The normalized spacial score (nSPS) is 10.0. The van der Waals surface area contributed by atoms with E-state index in [-0.39, 0.29) is 27.7 Å². The first-order valence-electron chi connectivity index (χ1n) is 6.57. The van der Waals surface area contributed by atoms with Crippen molar-refractivity contribution in [3.8, 4) is 5.75 Å². The number of carbonyl (C=O) groups is 2. The highest BCUT2D eigenvalue weighted by Gasteiger charge is 2.16. The molecule has 124 valence electrons. The molecular formula is C15H11ClN2O6. The third-order valence-electron chi connectivity index (χ3n) is 2.88. The number of hydrogen-bond acceptors (Lipinski definition) is 6. The molecule has 0 spiro atoms. The molecule has 8 nitrogen and oxygen atoms in total. The quantitative estimate of drug-likeness (QED) is 0.486. The van der Waals surface area contributed by atoms with E-state index in [9.17, 15) is 24.8 Å². The Labute approximate surface area is 140 Å². The largest absolute Gasteiger partial charge is 0.507 e. The fourth-order valence-electron chi connectivity index (χ4n) is 1.78. The second-order valence-electron chi connectivity index (χ2n) is 4.56. The third-order valence-corrected chi connectivity index (χ3v) is 3.20. The molecule has 1 amide bonds. The first-order valence-corrected chi connectivity index (χ1v) is 6.95. The molecule has 2 aromatic rings. The number of halogens is 1. The van der Waals surface area contributed by atoms with Crippen LogP contribution in [0, 0.1) is 10.1 Å². The molecule has 0 saturated heterocycles. The summed E-state index contributed by atoms with van der Waals surface area (Å²) in [6, 6.07) is 9.45. The highest BCUT2D eigenvalue weighted by atomic mass is 35.5. The van der Waals surface area contributed by atoms with Crippen LogP contribution in [-0.2, 0) is 9.53 Å². The van der Waals surface area contributed by atoms with Gasteiger partial charge in [-0.25, -0.2) is 4.79 Å². The summed E-state index contributed by atoms with van der Waals surface area (Å²) in [4.78, 5) is 33.6. The third kappa shape index (κ3) is 4.20. The lowest BCUT2D eigenvalue weighted by Gasteiger charge is -2.07. The first-order chi connectivity index (χ1) is 11.4. The van der Waals surface area contributed by atoms with Crippen molar-refractivity contribution < 1.29 is 24.4 Å². The van der Waals surface area contributed by atoms with Gasteiger partial charge in [-0.3, -0.25) is 14.9 Å². The summed E-state index contributed by atoms with van der Waals surface area (Å²) in [5, 5.41) is 22.6. The zero-order chi connectivity index (χ0) is 17.7. The van der Waals surface area contributed by atoms with Gasteiger partial charge in [0.2, 0.25) is 0 Å². The van der Waals surface area contributed by atoms with Gasteiger partial charge in [-0.05, 0) is 24.3 Å². The molecule has 0 heterocycles. The number of rotatable bonds is 5. The fourth-order valence-corrected chi connectivity index (χ4v) is 1.97. The average Bonchev–Trinajstić information content (AvgIpc) is 2.54. The standard InChI is InChI=1S/C15H11ClN2O6/c16-11-6-5-9(7-12(11)18(22)23)17-14(20)8-24-15(21)10-3-1-2-4-13(10)19/h1-7,19H,8H2,(H,17,20). The monoisotopic (exact) mass is 350 g/mol. The van der Waals surface area contributed by atoms with Crippen molar-refractivity contribution >= 4 is 34.9 Å². The van der Waals surface area contributed by atoms with Crippen molar-refractivity contribution in [3.05, 3.63) is 63.2 Å². The van der Waals surface area contributed by atoms with E-state index in [1.54, 1.807) is 0 Å². The molecule has 0 saturated carbocycles. The number of anilines is 1. The molecule has 2 aromatic carbocycles. The minimum absolute atomic E-state index is 0.0658. The SMILES string of the molecule is O=C(COC(=O)c1ccccc1O)Nc1ccc(Cl)c([N+](=O)[O-])c1.